The quantitative estimate of drug-likeness (QED) is 0.608. The molecule has 13 heavy (non-hydrogen) atoms. The Labute approximate surface area is 79.2 Å². The lowest BCUT2D eigenvalue weighted by Crippen LogP contribution is -2.25. The zero-order chi connectivity index (χ0) is 9.31. The summed E-state index contributed by atoms with van der Waals surface area (Å²) in [5.74, 6) is 0. The van der Waals surface area contributed by atoms with Crippen LogP contribution in [0.15, 0.2) is 30.3 Å². The van der Waals surface area contributed by atoms with Gasteiger partial charge in [0.25, 0.3) is 0 Å². The van der Waals surface area contributed by atoms with Crippen molar-refractivity contribution >= 4 is 7.69 Å². The molecule has 3 heteroatoms. The van der Waals surface area contributed by atoms with Crippen molar-refractivity contribution in [1.82, 2.24) is 0 Å². The van der Waals surface area contributed by atoms with Crippen molar-refractivity contribution in [3.05, 3.63) is 35.9 Å². The molecule has 0 amide bonds. The molecular weight excluding hydrogens is 163 g/mol. The predicted molar refractivity (Wildman–Crippen MR) is 51.2 cm³/mol. The van der Waals surface area contributed by atoms with Gasteiger partial charge in [0, 0.05) is 0 Å². The first-order chi connectivity index (χ1) is 6.20. The van der Waals surface area contributed by atoms with E-state index in [9.17, 15) is 0 Å². The van der Waals surface area contributed by atoms with Crippen molar-refractivity contribution in [2.24, 2.45) is 0 Å². The molecule has 0 N–H and O–H groups in total. The van der Waals surface area contributed by atoms with Gasteiger partial charge in [-0.1, -0.05) is 30.3 Å². The van der Waals surface area contributed by atoms with E-state index in [1.807, 2.05) is 32.0 Å². The predicted octanol–water partition coefficient (Wildman–Crippen LogP) is 2.09. The van der Waals surface area contributed by atoms with Crippen LogP contribution in [-0.4, -0.2) is 13.3 Å². The van der Waals surface area contributed by atoms with Gasteiger partial charge in [0.05, 0.1) is 11.7 Å². The topological polar surface area (TPSA) is 18.5 Å². The first-order valence-electron chi connectivity index (χ1n) is 4.40. The van der Waals surface area contributed by atoms with Crippen LogP contribution in [0.3, 0.4) is 0 Å². The molecule has 1 saturated heterocycles. The molecule has 1 atom stereocenters. The third-order valence-electron chi connectivity index (χ3n) is 2.28. The molecule has 1 radical (unpaired) electrons. The SMILES string of the molecule is CC1(C)O[B]O[C@@H]1c1ccccc1. The summed E-state index contributed by atoms with van der Waals surface area (Å²) < 4.78 is 10.8. The van der Waals surface area contributed by atoms with Gasteiger partial charge in [-0.25, -0.2) is 0 Å². The Kier molecular flexibility index (Phi) is 2.14. The van der Waals surface area contributed by atoms with E-state index in [4.69, 9.17) is 9.31 Å². The largest absolute Gasteiger partial charge is 0.489 e. The zero-order valence-corrected chi connectivity index (χ0v) is 7.86. The third-order valence-corrected chi connectivity index (χ3v) is 2.28. The molecule has 0 spiro atoms. The molecule has 0 aliphatic carbocycles. The minimum Gasteiger partial charge on any atom is -0.405 e. The summed E-state index contributed by atoms with van der Waals surface area (Å²) in [5.41, 5.74) is 0.891. The van der Waals surface area contributed by atoms with E-state index in [0.717, 1.165) is 5.56 Å². The lowest BCUT2D eigenvalue weighted by molar-refractivity contribution is 0.0730. The minimum atomic E-state index is -0.263. The number of rotatable bonds is 1. The maximum absolute atomic E-state index is 5.41. The first-order valence-corrected chi connectivity index (χ1v) is 4.40. The van der Waals surface area contributed by atoms with Crippen molar-refractivity contribution in [3.8, 4) is 0 Å². The van der Waals surface area contributed by atoms with Crippen LogP contribution in [0.5, 0.6) is 0 Å². The molecular formula is C10H12BO2. The number of hydrogen-bond acceptors (Lipinski definition) is 2. The van der Waals surface area contributed by atoms with Gasteiger partial charge in [-0.15, -0.1) is 0 Å². The van der Waals surface area contributed by atoms with Gasteiger partial charge in [0.2, 0.25) is 0 Å². The number of hydrogen-bond donors (Lipinski definition) is 0. The molecule has 1 aliphatic heterocycles. The van der Waals surface area contributed by atoms with Gasteiger partial charge in [-0.2, -0.15) is 0 Å². The second-order valence-corrected chi connectivity index (χ2v) is 3.74. The highest BCUT2D eigenvalue weighted by Gasteiger charge is 2.38. The van der Waals surface area contributed by atoms with E-state index in [-0.39, 0.29) is 11.7 Å². The van der Waals surface area contributed by atoms with E-state index in [1.165, 1.54) is 7.69 Å². The smallest absolute Gasteiger partial charge is 0.405 e. The third kappa shape index (κ3) is 1.62. The van der Waals surface area contributed by atoms with Crippen LogP contribution < -0.4 is 0 Å². The molecule has 1 aromatic rings. The second-order valence-electron chi connectivity index (χ2n) is 3.74. The molecule has 1 fully saturated rings. The van der Waals surface area contributed by atoms with E-state index >= 15 is 0 Å². The molecule has 0 unspecified atom stereocenters. The van der Waals surface area contributed by atoms with Crippen LogP contribution >= 0.6 is 0 Å². The van der Waals surface area contributed by atoms with Gasteiger partial charge < -0.3 is 9.31 Å². The molecule has 0 saturated carbocycles. The Hall–Kier alpha value is -0.795. The monoisotopic (exact) mass is 175 g/mol. The fourth-order valence-corrected chi connectivity index (χ4v) is 1.54. The highest BCUT2D eigenvalue weighted by Crippen LogP contribution is 2.35. The lowest BCUT2D eigenvalue weighted by Gasteiger charge is -2.25. The highest BCUT2D eigenvalue weighted by molar-refractivity contribution is 6.19. The summed E-state index contributed by atoms with van der Waals surface area (Å²) in [6, 6.07) is 10.1. The van der Waals surface area contributed by atoms with E-state index in [2.05, 4.69) is 12.1 Å². The molecule has 0 aromatic heterocycles. The van der Waals surface area contributed by atoms with E-state index in [1.54, 1.807) is 0 Å². The Bertz CT molecular complexity index is 284. The molecule has 0 bridgehead atoms. The van der Waals surface area contributed by atoms with Crippen molar-refractivity contribution in [2.45, 2.75) is 25.6 Å². The van der Waals surface area contributed by atoms with Crippen LogP contribution in [0.4, 0.5) is 0 Å². The Morgan fingerprint density at radius 3 is 2.46 bits per heavy atom. The van der Waals surface area contributed by atoms with Gasteiger partial charge in [-0.3, -0.25) is 0 Å². The van der Waals surface area contributed by atoms with Crippen LogP contribution in [0.25, 0.3) is 0 Å². The maximum Gasteiger partial charge on any atom is 0.489 e. The van der Waals surface area contributed by atoms with Crippen molar-refractivity contribution in [3.63, 3.8) is 0 Å². The van der Waals surface area contributed by atoms with Crippen molar-refractivity contribution < 1.29 is 9.31 Å². The summed E-state index contributed by atoms with van der Waals surface area (Å²) in [6.45, 7) is 4.04. The summed E-state index contributed by atoms with van der Waals surface area (Å²) in [6.07, 6.45) is 0.00806. The van der Waals surface area contributed by atoms with Crippen LogP contribution in [0.1, 0.15) is 25.5 Å². The maximum atomic E-state index is 5.41. The average molecular weight is 175 g/mol. The highest BCUT2D eigenvalue weighted by atomic mass is 16.6. The van der Waals surface area contributed by atoms with Crippen LogP contribution in [-0.2, 0) is 9.31 Å². The molecule has 1 heterocycles. The fourth-order valence-electron chi connectivity index (χ4n) is 1.54. The van der Waals surface area contributed by atoms with Crippen molar-refractivity contribution in [2.75, 3.05) is 0 Å². The Morgan fingerprint density at radius 2 is 1.92 bits per heavy atom. The first kappa shape index (κ1) is 8.79. The normalized spacial score (nSPS) is 25.5. The second kappa shape index (κ2) is 3.16. The van der Waals surface area contributed by atoms with Crippen LogP contribution in [0, 0.1) is 0 Å². The van der Waals surface area contributed by atoms with Crippen molar-refractivity contribution in [1.29, 1.82) is 0 Å². The molecule has 2 nitrogen and oxygen atoms in total. The molecule has 1 aromatic carbocycles. The summed E-state index contributed by atoms with van der Waals surface area (Å²) in [5, 5.41) is 0. The van der Waals surface area contributed by atoms with E-state index in [0.29, 0.717) is 0 Å². The van der Waals surface area contributed by atoms with Gasteiger partial charge in [0.15, 0.2) is 0 Å². The Balaban J connectivity index is 2.27. The molecule has 67 valence electrons. The fraction of sp³-hybridized carbons (Fsp3) is 0.400. The summed E-state index contributed by atoms with van der Waals surface area (Å²) >= 11 is 0. The van der Waals surface area contributed by atoms with E-state index < -0.39 is 0 Å². The lowest BCUT2D eigenvalue weighted by atomic mass is 9.95. The van der Waals surface area contributed by atoms with Gasteiger partial charge in [-0.05, 0) is 19.4 Å². The number of benzene rings is 1. The average Bonchev–Trinajstić information content (AvgIpc) is 2.47. The minimum absolute atomic E-state index is 0.00806. The Morgan fingerprint density at radius 1 is 1.23 bits per heavy atom. The summed E-state index contributed by atoms with van der Waals surface area (Å²) in [7, 11) is 1.43. The standard InChI is InChI=1S/C10H12BO2/c1-10(2)9(12-11-13-10)8-6-4-3-5-7-8/h3-7,9H,1-2H3/t9-/m1/s1. The molecule has 1 aliphatic rings. The summed E-state index contributed by atoms with van der Waals surface area (Å²) in [4.78, 5) is 0. The van der Waals surface area contributed by atoms with Gasteiger partial charge >= 0.3 is 7.69 Å². The van der Waals surface area contributed by atoms with Crippen LogP contribution in [0.2, 0.25) is 0 Å². The zero-order valence-electron chi connectivity index (χ0n) is 7.86. The molecule has 2 rings (SSSR count). The van der Waals surface area contributed by atoms with Gasteiger partial charge in [0.1, 0.15) is 0 Å².